The lowest BCUT2D eigenvalue weighted by molar-refractivity contribution is -0.687. The Balaban J connectivity index is 2.03. The van der Waals surface area contributed by atoms with Gasteiger partial charge in [0.05, 0.1) is 5.69 Å². The molecule has 0 radical (unpaired) electrons. The van der Waals surface area contributed by atoms with Crippen LogP contribution in [0.15, 0.2) is 46.0 Å². The van der Waals surface area contributed by atoms with Gasteiger partial charge in [-0.05, 0) is 12.1 Å². The third kappa shape index (κ3) is 2.37. The van der Waals surface area contributed by atoms with Crippen LogP contribution < -0.4 is 4.57 Å². The summed E-state index contributed by atoms with van der Waals surface area (Å²) in [6.45, 7) is 2.02. The minimum Gasteiger partial charge on any atom is -0.410 e. The Morgan fingerprint density at radius 2 is 2.06 bits per heavy atom. The van der Waals surface area contributed by atoms with Crippen LogP contribution in [0.2, 0.25) is 0 Å². The van der Waals surface area contributed by atoms with Crippen LogP contribution in [0.1, 0.15) is 11.6 Å². The van der Waals surface area contributed by atoms with Gasteiger partial charge in [-0.1, -0.05) is 18.2 Å². The first-order chi connectivity index (χ1) is 7.77. The van der Waals surface area contributed by atoms with Crippen molar-refractivity contribution in [2.45, 2.75) is 13.3 Å². The molecule has 0 saturated carbocycles. The molecule has 2 aromatic rings. The van der Waals surface area contributed by atoms with Crippen LogP contribution in [-0.2, 0) is 13.5 Å². The molecule has 0 bridgehead atoms. The highest BCUT2D eigenvalue weighted by molar-refractivity contribution is 5.64. The van der Waals surface area contributed by atoms with E-state index in [4.69, 9.17) is 4.42 Å². The molecule has 0 saturated heterocycles. The van der Waals surface area contributed by atoms with Gasteiger partial charge in [-0.25, -0.2) is 0 Å². The molecular weight excluding hydrogens is 200 g/mol. The van der Waals surface area contributed by atoms with Gasteiger partial charge in [-0.15, -0.1) is 0 Å². The maximum atomic E-state index is 5.40. The number of oxazole rings is 1. The Bertz CT molecular complexity index is 486. The van der Waals surface area contributed by atoms with Crippen LogP contribution in [0.5, 0.6) is 0 Å². The Hall–Kier alpha value is -1.90. The van der Waals surface area contributed by atoms with Crippen molar-refractivity contribution in [3.8, 4) is 0 Å². The first kappa shape index (κ1) is 10.6. The van der Waals surface area contributed by atoms with E-state index in [9.17, 15) is 0 Å². The second-order valence-electron chi connectivity index (χ2n) is 3.68. The van der Waals surface area contributed by atoms with Gasteiger partial charge in [0.15, 0.2) is 6.26 Å². The number of hydrogen-bond donors (Lipinski definition) is 0. The highest BCUT2D eigenvalue weighted by Gasteiger charge is 2.12. The zero-order valence-electron chi connectivity index (χ0n) is 9.55. The third-order valence-electron chi connectivity index (χ3n) is 2.53. The molecule has 0 aliphatic rings. The zero-order valence-corrected chi connectivity index (χ0v) is 9.55. The van der Waals surface area contributed by atoms with E-state index < -0.39 is 0 Å². The first-order valence-electron chi connectivity index (χ1n) is 5.28. The van der Waals surface area contributed by atoms with Crippen molar-refractivity contribution in [3.05, 3.63) is 48.2 Å². The molecule has 2 rings (SSSR count). The Morgan fingerprint density at radius 1 is 1.31 bits per heavy atom. The van der Waals surface area contributed by atoms with Gasteiger partial charge in [0.1, 0.15) is 13.5 Å². The second-order valence-corrected chi connectivity index (χ2v) is 3.68. The maximum absolute atomic E-state index is 5.40. The summed E-state index contributed by atoms with van der Waals surface area (Å²) in [6.07, 6.45) is 4.33. The zero-order chi connectivity index (χ0) is 11.4. The van der Waals surface area contributed by atoms with Crippen LogP contribution in [0, 0.1) is 6.92 Å². The van der Waals surface area contributed by atoms with Crippen molar-refractivity contribution in [2.24, 2.45) is 12.0 Å². The van der Waals surface area contributed by atoms with Crippen molar-refractivity contribution >= 4 is 11.9 Å². The molecule has 1 aromatic carbocycles. The molecule has 0 fully saturated rings. The third-order valence-corrected chi connectivity index (χ3v) is 2.53. The lowest BCUT2D eigenvalue weighted by atomic mass is 10.3. The molecular formula is C13H15N2O+. The van der Waals surface area contributed by atoms with Gasteiger partial charge >= 0.3 is 5.89 Å². The number of benzene rings is 1. The van der Waals surface area contributed by atoms with Gasteiger partial charge < -0.3 is 4.42 Å². The molecule has 3 nitrogen and oxygen atoms in total. The fourth-order valence-electron chi connectivity index (χ4n) is 1.44. The smallest absolute Gasteiger partial charge is 0.352 e. The summed E-state index contributed by atoms with van der Waals surface area (Å²) in [5, 5.41) is 0. The minimum atomic E-state index is 0.708. The highest BCUT2D eigenvalue weighted by Crippen LogP contribution is 2.08. The van der Waals surface area contributed by atoms with Crippen molar-refractivity contribution in [1.29, 1.82) is 0 Å². The van der Waals surface area contributed by atoms with Gasteiger partial charge in [0.25, 0.3) is 0 Å². The fraction of sp³-hybridized carbons (Fsp3) is 0.231. The quantitative estimate of drug-likeness (QED) is 0.571. The predicted octanol–water partition coefficient (Wildman–Crippen LogP) is 2.36. The van der Waals surface area contributed by atoms with Gasteiger partial charge in [-0.3, -0.25) is 4.99 Å². The van der Waals surface area contributed by atoms with E-state index in [1.807, 2.05) is 55.1 Å². The van der Waals surface area contributed by atoms with Gasteiger partial charge in [0.2, 0.25) is 5.69 Å². The van der Waals surface area contributed by atoms with E-state index in [2.05, 4.69) is 4.99 Å². The maximum Gasteiger partial charge on any atom is 0.352 e. The normalized spacial score (nSPS) is 11.1. The highest BCUT2D eigenvalue weighted by atomic mass is 16.3. The summed E-state index contributed by atoms with van der Waals surface area (Å²) < 4.78 is 7.43. The molecule has 0 aliphatic carbocycles. The van der Waals surface area contributed by atoms with Crippen LogP contribution >= 0.6 is 0 Å². The van der Waals surface area contributed by atoms with Gasteiger partial charge in [-0.2, -0.15) is 4.57 Å². The molecule has 0 aliphatic heterocycles. The van der Waals surface area contributed by atoms with E-state index in [0.717, 1.165) is 17.3 Å². The summed E-state index contributed by atoms with van der Waals surface area (Å²) in [4.78, 5) is 4.35. The second kappa shape index (κ2) is 4.75. The predicted molar refractivity (Wildman–Crippen MR) is 62.9 cm³/mol. The number of nitrogens with zero attached hydrogens (tertiary/aromatic N) is 2. The monoisotopic (exact) mass is 215 g/mol. The Labute approximate surface area is 95.1 Å². The average Bonchev–Trinajstić information content (AvgIpc) is 2.62. The molecule has 0 atom stereocenters. The summed E-state index contributed by atoms with van der Waals surface area (Å²) in [5.41, 5.74) is 2.08. The van der Waals surface area contributed by atoms with Gasteiger partial charge in [0, 0.05) is 13.1 Å². The summed E-state index contributed by atoms with van der Waals surface area (Å²) in [5.74, 6) is 0.914. The number of rotatable bonds is 3. The topological polar surface area (TPSA) is 29.4 Å². The lowest BCUT2D eigenvalue weighted by Crippen LogP contribution is -2.33. The van der Waals surface area contributed by atoms with E-state index in [1.54, 1.807) is 6.26 Å². The Morgan fingerprint density at radius 3 is 2.69 bits per heavy atom. The summed E-state index contributed by atoms with van der Waals surface area (Å²) in [7, 11) is 1.99. The molecule has 16 heavy (non-hydrogen) atoms. The molecule has 0 amide bonds. The van der Waals surface area contributed by atoms with Crippen LogP contribution in [0.4, 0.5) is 5.69 Å². The fourth-order valence-corrected chi connectivity index (χ4v) is 1.44. The number of para-hydroxylation sites is 1. The standard InChI is InChI=1S/C13H15N2O/c1-11-10-16-13(15(11)2)8-9-14-12-6-4-3-5-7-12/h3-7,9-10H,8H2,1-2H3/q+1. The van der Waals surface area contributed by atoms with Crippen molar-refractivity contribution in [2.75, 3.05) is 0 Å². The molecule has 1 aromatic heterocycles. The average molecular weight is 215 g/mol. The number of hydrogen-bond acceptors (Lipinski definition) is 2. The van der Waals surface area contributed by atoms with E-state index in [-0.39, 0.29) is 0 Å². The van der Waals surface area contributed by atoms with Crippen molar-refractivity contribution in [3.63, 3.8) is 0 Å². The van der Waals surface area contributed by atoms with E-state index in [0.29, 0.717) is 6.42 Å². The van der Waals surface area contributed by atoms with E-state index in [1.165, 1.54) is 0 Å². The minimum absolute atomic E-state index is 0.708. The number of aromatic nitrogens is 1. The lowest BCUT2D eigenvalue weighted by Gasteiger charge is -1.90. The summed E-state index contributed by atoms with van der Waals surface area (Å²) >= 11 is 0. The van der Waals surface area contributed by atoms with Crippen LogP contribution in [0.25, 0.3) is 0 Å². The SMILES string of the molecule is Cc1coc(CC=Nc2ccccc2)[n+]1C. The number of aliphatic imine (C=N–C) groups is 1. The summed E-state index contributed by atoms with van der Waals surface area (Å²) in [6, 6.07) is 9.89. The number of aryl methyl sites for hydroxylation is 1. The molecule has 82 valence electrons. The molecule has 1 heterocycles. The van der Waals surface area contributed by atoms with Crippen LogP contribution in [-0.4, -0.2) is 6.21 Å². The Kier molecular flexibility index (Phi) is 3.15. The van der Waals surface area contributed by atoms with Crippen molar-refractivity contribution < 1.29 is 8.98 Å². The largest absolute Gasteiger partial charge is 0.410 e. The first-order valence-corrected chi connectivity index (χ1v) is 5.28. The molecule has 0 spiro atoms. The molecule has 3 heteroatoms. The van der Waals surface area contributed by atoms with Crippen molar-refractivity contribution in [1.82, 2.24) is 0 Å². The van der Waals surface area contributed by atoms with E-state index >= 15 is 0 Å². The molecule has 0 N–H and O–H groups in total. The molecule has 0 unspecified atom stereocenters. The van der Waals surface area contributed by atoms with Crippen LogP contribution in [0.3, 0.4) is 0 Å².